The Labute approximate surface area is 85.9 Å². The van der Waals surface area contributed by atoms with Gasteiger partial charge < -0.3 is 0 Å². The molecule has 0 amide bonds. The number of nitrogens with zero attached hydrogens (tertiary/aromatic N) is 3. The number of benzene rings is 1. The van der Waals surface area contributed by atoms with Crippen LogP contribution in [-0.4, -0.2) is 26.9 Å². The third kappa shape index (κ3) is 1.94. The van der Waals surface area contributed by atoms with E-state index in [0.717, 1.165) is 11.8 Å². The maximum Gasteiger partial charge on any atom is 0.204 e. The number of carbonyl (C=O) groups is 1. The first-order chi connectivity index (χ1) is 6.40. The van der Waals surface area contributed by atoms with E-state index in [1.54, 1.807) is 24.3 Å². The normalized spacial score (nSPS) is 9.14. The van der Waals surface area contributed by atoms with Gasteiger partial charge in [-0.05, 0) is 5.21 Å². The van der Waals surface area contributed by atoms with Crippen molar-refractivity contribution in [1.29, 1.82) is 0 Å². The van der Waals surface area contributed by atoms with Gasteiger partial charge >= 0.3 is 0 Å². The monoisotopic (exact) mass is 210 g/mol. The molecule has 0 spiro atoms. The minimum Gasteiger partial charge on any atom is -0.298 e. The van der Waals surface area contributed by atoms with Crippen LogP contribution in [0.15, 0.2) is 24.3 Å². The van der Waals surface area contributed by atoms with E-state index in [1.807, 2.05) is 0 Å². The number of hydrogen-bond acceptors (Lipinski definition) is 4. The van der Waals surface area contributed by atoms with E-state index in [0.29, 0.717) is 11.4 Å². The Bertz CT molecular complexity index is 398. The summed E-state index contributed by atoms with van der Waals surface area (Å²) in [4.78, 5) is 10.4. The second kappa shape index (κ2) is 4.48. The Morgan fingerprint density at radius 1 is 1.21 bits per heavy atom. The van der Waals surface area contributed by atoms with Crippen molar-refractivity contribution in [3.63, 3.8) is 0 Å². The number of aromatic amines is 1. The van der Waals surface area contributed by atoms with Crippen LogP contribution in [0.2, 0.25) is 0 Å². The molecule has 6 heteroatoms. The number of H-pyrrole nitrogens is 1. The molecule has 0 unspecified atom stereocenters. The lowest BCUT2D eigenvalue weighted by Crippen LogP contribution is -1.83. The maximum absolute atomic E-state index is 10.4. The minimum atomic E-state index is 0. The van der Waals surface area contributed by atoms with Crippen LogP contribution in [0.1, 0.15) is 10.4 Å². The summed E-state index contributed by atoms with van der Waals surface area (Å²) in [5.74, 6) is 0.525. The molecule has 0 radical (unpaired) electrons. The van der Waals surface area contributed by atoms with Gasteiger partial charge in [0.15, 0.2) is 0 Å². The zero-order valence-electron chi connectivity index (χ0n) is 7.04. The molecule has 0 aliphatic heterocycles. The molecule has 72 valence electrons. The van der Waals surface area contributed by atoms with Gasteiger partial charge in [-0.25, -0.2) is 0 Å². The predicted octanol–water partition coefficient (Wildman–Crippen LogP) is 1.10. The fraction of sp³-hybridized carbons (Fsp3) is 0. The van der Waals surface area contributed by atoms with E-state index >= 15 is 0 Å². The predicted molar refractivity (Wildman–Crippen MR) is 52.2 cm³/mol. The van der Waals surface area contributed by atoms with Gasteiger partial charge in [0, 0.05) is 11.1 Å². The van der Waals surface area contributed by atoms with Gasteiger partial charge in [-0.15, -0.1) is 22.6 Å². The van der Waals surface area contributed by atoms with Crippen molar-refractivity contribution in [3.8, 4) is 11.4 Å². The van der Waals surface area contributed by atoms with Gasteiger partial charge in [0.05, 0.1) is 0 Å². The van der Waals surface area contributed by atoms with Crippen LogP contribution in [0, 0.1) is 0 Å². The highest BCUT2D eigenvalue weighted by Gasteiger charge is 2.00. The van der Waals surface area contributed by atoms with Crippen LogP contribution in [-0.2, 0) is 0 Å². The van der Waals surface area contributed by atoms with Gasteiger partial charge in [0.25, 0.3) is 0 Å². The summed E-state index contributed by atoms with van der Waals surface area (Å²) in [6.45, 7) is 0. The second-order valence-electron chi connectivity index (χ2n) is 2.48. The van der Waals surface area contributed by atoms with Crippen LogP contribution in [0.4, 0.5) is 0 Å². The largest absolute Gasteiger partial charge is 0.298 e. The van der Waals surface area contributed by atoms with E-state index in [2.05, 4.69) is 20.6 Å². The molecule has 0 saturated carbocycles. The van der Waals surface area contributed by atoms with Gasteiger partial charge in [0.1, 0.15) is 6.29 Å². The first-order valence-electron chi connectivity index (χ1n) is 3.69. The molecular formula is C8H7ClN4O. The molecule has 1 heterocycles. The molecule has 0 fully saturated rings. The summed E-state index contributed by atoms with van der Waals surface area (Å²) in [7, 11) is 0. The maximum atomic E-state index is 10.4. The van der Waals surface area contributed by atoms with Crippen molar-refractivity contribution in [2.45, 2.75) is 0 Å². The highest BCUT2D eigenvalue weighted by molar-refractivity contribution is 5.85. The average molecular weight is 211 g/mol. The highest BCUT2D eigenvalue weighted by Crippen LogP contribution is 2.12. The minimum absolute atomic E-state index is 0. The molecule has 5 nitrogen and oxygen atoms in total. The van der Waals surface area contributed by atoms with Crippen LogP contribution >= 0.6 is 12.4 Å². The van der Waals surface area contributed by atoms with E-state index in [9.17, 15) is 4.79 Å². The fourth-order valence-electron chi connectivity index (χ4n) is 0.995. The molecule has 0 saturated heterocycles. The third-order valence-electron chi connectivity index (χ3n) is 1.65. The van der Waals surface area contributed by atoms with Crippen molar-refractivity contribution in [3.05, 3.63) is 29.8 Å². The standard InChI is InChI=1S/C8H6N4O.ClH/c13-5-6-1-3-7(4-2-6)8-9-11-12-10-8;/h1-5H,(H,9,10,11,12);1H. The lowest BCUT2D eigenvalue weighted by molar-refractivity contribution is 0.112. The number of carbonyl (C=O) groups excluding carboxylic acids is 1. The van der Waals surface area contributed by atoms with Gasteiger partial charge in [-0.1, -0.05) is 24.3 Å². The number of rotatable bonds is 2. The van der Waals surface area contributed by atoms with Crippen LogP contribution in [0.5, 0.6) is 0 Å². The average Bonchev–Trinajstić information content (AvgIpc) is 2.71. The van der Waals surface area contributed by atoms with Crippen LogP contribution < -0.4 is 0 Å². The molecule has 0 bridgehead atoms. The molecule has 0 aliphatic rings. The molecule has 1 N–H and O–H groups in total. The van der Waals surface area contributed by atoms with Crippen molar-refractivity contribution in [1.82, 2.24) is 20.6 Å². The lowest BCUT2D eigenvalue weighted by Gasteiger charge is -1.93. The molecule has 1 aromatic heterocycles. The molecular weight excluding hydrogens is 204 g/mol. The zero-order chi connectivity index (χ0) is 9.10. The summed E-state index contributed by atoms with van der Waals surface area (Å²) in [6.07, 6.45) is 0.792. The van der Waals surface area contributed by atoms with Crippen molar-refractivity contribution >= 4 is 18.7 Å². The molecule has 14 heavy (non-hydrogen) atoms. The van der Waals surface area contributed by atoms with E-state index in [-0.39, 0.29) is 12.4 Å². The van der Waals surface area contributed by atoms with Crippen LogP contribution in [0.3, 0.4) is 0 Å². The van der Waals surface area contributed by atoms with Crippen LogP contribution in [0.25, 0.3) is 11.4 Å². The SMILES string of the molecule is Cl.O=Cc1ccc(-c2nn[nH]n2)cc1. The number of nitrogens with one attached hydrogen (secondary N) is 1. The lowest BCUT2D eigenvalue weighted by atomic mass is 10.1. The Balaban J connectivity index is 0.000000980. The second-order valence-corrected chi connectivity index (χ2v) is 2.48. The van der Waals surface area contributed by atoms with Gasteiger partial charge in [-0.3, -0.25) is 4.79 Å². The van der Waals surface area contributed by atoms with Crippen molar-refractivity contribution in [2.75, 3.05) is 0 Å². The number of hydrogen-bond donors (Lipinski definition) is 1. The van der Waals surface area contributed by atoms with E-state index in [4.69, 9.17) is 0 Å². The smallest absolute Gasteiger partial charge is 0.204 e. The molecule has 2 aromatic rings. The van der Waals surface area contributed by atoms with Gasteiger partial charge in [-0.2, -0.15) is 5.21 Å². The first-order valence-corrected chi connectivity index (χ1v) is 3.69. The summed E-state index contributed by atoms with van der Waals surface area (Å²) < 4.78 is 0. The topological polar surface area (TPSA) is 71.5 Å². The highest BCUT2D eigenvalue weighted by atomic mass is 35.5. The van der Waals surface area contributed by atoms with E-state index < -0.39 is 0 Å². The Morgan fingerprint density at radius 3 is 2.43 bits per heavy atom. The number of aldehydes is 1. The summed E-state index contributed by atoms with van der Waals surface area (Å²) in [5, 5.41) is 13.4. The summed E-state index contributed by atoms with van der Waals surface area (Å²) in [6, 6.07) is 6.96. The molecule has 0 atom stereocenters. The number of aromatic nitrogens is 4. The number of tetrazole rings is 1. The first kappa shape index (κ1) is 10.3. The van der Waals surface area contributed by atoms with Gasteiger partial charge in [0.2, 0.25) is 5.82 Å². The summed E-state index contributed by atoms with van der Waals surface area (Å²) in [5.41, 5.74) is 1.46. The van der Waals surface area contributed by atoms with E-state index in [1.165, 1.54) is 0 Å². The quantitative estimate of drug-likeness (QED) is 0.754. The molecule has 2 rings (SSSR count). The molecule has 0 aliphatic carbocycles. The Kier molecular flexibility index (Phi) is 3.30. The summed E-state index contributed by atoms with van der Waals surface area (Å²) >= 11 is 0. The van der Waals surface area contributed by atoms with Crippen molar-refractivity contribution < 1.29 is 4.79 Å². The zero-order valence-corrected chi connectivity index (χ0v) is 7.86. The Morgan fingerprint density at radius 2 is 1.93 bits per heavy atom. The number of halogens is 1. The van der Waals surface area contributed by atoms with Crippen molar-refractivity contribution in [2.24, 2.45) is 0 Å². The molecule has 1 aromatic carbocycles. The Hall–Kier alpha value is -1.75. The fourth-order valence-corrected chi connectivity index (χ4v) is 0.995. The third-order valence-corrected chi connectivity index (χ3v) is 1.65.